The van der Waals surface area contributed by atoms with Crippen molar-refractivity contribution in [1.82, 2.24) is 5.32 Å². The van der Waals surface area contributed by atoms with Gasteiger partial charge < -0.3 is 10.1 Å². The Bertz CT molecular complexity index is 454. The highest BCUT2D eigenvalue weighted by molar-refractivity contribution is 5.75. The highest BCUT2D eigenvalue weighted by Crippen LogP contribution is 2.09. The molecule has 1 N–H and O–H groups in total. The predicted octanol–water partition coefficient (Wildman–Crippen LogP) is 1.35. The van der Waals surface area contributed by atoms with Crippen LogP contribution in [-0.4, -0.2) is 19.1 Å². The first-order valence-electron chi connectivity index (χ1n) is 5.08. The number of halogens is 1. The van der Waals surface area contributed by atoms with E-state index in [1.54, 1.807) is 6.92 Å². The standard InChI is InChI=1S/C12H13FN2O2/c1-8(12(16)17-2)15-7-10-4-3-9(6-14)5-11(10)13/h3-5,8,15H,7H2,1-2H3. The molecule has 17 heavy (non-hydrogen) atoms. The largest absolute Gasteiger partial charge is 0.468 e. The lowest BCUT2D eigenvalue weighted by Crippen LogP contribution is -2.34. The van der Waals surface area contributed by atoms with Crippen LogP contribution in [-0.2, 0) is 16.1 Å². The molecule has 0 amide bonds. The van der Waals surface area contributed by atoms with Crippen molar-refractivity contribution in [3.05, 3.63) is 35.1 Å². The minimum atomic E-state index is -0.505. The van der Waals surface area contributed by atoms with Gasteiger partial charge in [-0.15, -0.1) is 0 Å². The van der Waals surface area contributed by atoms with Gasteiger partial charge in [-0.25, -0.2) is 4.39 Å². The third-order valence-corrected chi connectivity index (χ3v) is 2.34. The summed E-state index contributed by atoms with van der Waals surface area (Å²) < 4.78 is 18.0. The SMILES string of the molecule is COC(=O)C(C)NCc1ccc(C#N)cc1F. The van der Waals surface area contributed by atoms with Crippen LogP contribution < -0.4 is 5.32 Å². The zero-order valence-electron chi connectivity index (χ0n) is 9.66. The maximum absolute atomic E-state index is 13.5. The number of ether oxygens (including phenoxy) is 1. The summed E-state index contributed by atoms with van der Waals surface area (Å²) in [4.78, 5) is 11.1. The highest BCUT2D eigenvalue weighted by atomic mass is 19.1. The lowest BCUT2D eigenvalue weighted by atomic mass is 10.1. The van der Waals surface area contributed by atoms with Crippen LogP contribution in [0.1, 0.15) is 18.1 Å². The topological polar surface area (TPSA) is 62.1 Å². The van der Waals surface area contributed by atoms with Crippen molar-refractivity contribution in [3.8, 4) is 6.07 Å². The van der Waals surface area contributed by atoms with Crippen LogP contribution in [0.2, 0.25) is 0 Å². The van der Waals surface area contributed by atoms with Gasteiger partial charge in [0.2, 0.25) is 0 Å². The third kappa shape index (κ3) is 3.54. The number of benzene rings is 1. The molecule has 90 valence electrons. The molecule has 4 nitrogen and oxygen atoms in total. The van der Waals surface area contributed by atoms with E-state index < -0.39 is 17.8 Å². The number of hydrogen-bond acceptors (Lipinski definition) is 4. The number of nitrogens with one attached hydrogen (secondary N) is 1. The molecule has 0 aromatic heterocycles. The molecule has 1 aromatic rings. The number of esters is 1. The molecule has 1 atom stereocenters. The second-order valence-electron chi connectivity index (χ2n) is 3.54. The number of rotatable bonds is 4. The summed E-state index contributed by atoms with van der Waals surface area (Å²) in [5.74, 6) is -0.868. The van der Waals surface area contributed by atoms with Crippen LogP contribution >= 0.6 is 0 Å². The molecule has 0 aliphatic rings. The Balaban J connectivity index is 2.64. The zero-order valence-corrected chi connectivity index (χ0v) is 9.66. The van der Waals surface area contributed by atoms with Crippen LogP contribution in [0.3, 0.4) is 0 Å². The summed E-state index contributed by atoms with van der Waals surface area (Å²) in [7, 11) is 1.29. The van der Waals surface area contributed by atoms with Gasteiger partial charge in [0.15, 0.2) is 0 Å². The zero-order chi connectivity index (χ0) is 12.8. The number of carbonyl (C=O) groups excluding carboxylic acids is 1. The van der Waals surface area contributed by atoms with Crippen LogP contribution in [0.25, 0.3) is 0 Å². The summed E-state index contributed by atoms with van der Waals surface area (Å²) in [5, 5.41) is 11.4. The number of nitrogens with zero attached hydrogens (tertiary/aromatic N) is 1. The fourth-order valence-electron chi connectivity index (χ4n) is 1.28. The van der Waals surface area contributed by atoms with Crippen molar-refractivity contribution >= 4 is 5.97 Å². The van der Waals surface area contributed by atoms with Crippen LogP contribution in [0, 0.1) is 17.1 Å². The molecular weight excluding hydrogens is 223 g/mol. The molecule has 5 heteroatoms. The first-order chi connectivity index (χ1) is 8.08. The molecule has 1 aromatic carbocycles. The Hall–Kier alpha value is -1.93. The third-order valence-electron chi connectivity index (χ3n) is 2.34. The molecule has 0 bridgehead atoms. The summed E-state index contributed by atoms with van der Waals surface area (Å²) in [6.45, 7) is 1.83. The Morgan fingerprint density at radius 1 is 1.65 bits per heavy atom. The van der Waals surface area contributed by atoms with Gasteiger partial charge in [-0.1, -0.05) is 6.07 Å². The fourth-order valence-corrected chi connectivity index (χ4v) is 1.28. The Kier molecular flexibility index (Phi) is 4.61. The van der Waals surface area contributed by atoms with Gasteiger partial charge in [-0.2, -0.15) is 5.26 Å². The first-order valence-corrected chi connectivity index (χ1v) is 5.08. The number of methoxy groups -OCH3 is 1. The average molecular weight is 236 g/mol. The van der Waals surface area contributed by atoms with Crippen LogP contribution in [0.15, 0.2) is 18.2 Å². The van der Waals surface area contributed by atoms with Gasteiger partial charge in [0, 0.05) is 12.1 Å². The molecule has 0 saturated heterocycles. The second kappa shape index (κ2) is 5.97. The van der Waals surface area contributed by atoms with Gasteiger partial charge in [0.05, 0.1) is 18.7 Å². The predicted molar refractivity (Wildman–Crippen MR) is 59.4 cm³/mol. The van der Waals surface area contributed by atoms with Crippen LogP contribution in [0.5, 0.6) is 0 Å². The maximum Gasteiger partial charge on any atom is 0.322 e. The van der Waals surface area contributed by atoms with Crippen molar-refractivity contribution in [2.75, 3.05) is 7.11 Å². The molecule has 0 spiro atoms. The smallest absolute Gasteiger partial charge is 0.322 e. The molecule has 0 saturated carbocycles. The van der Waals surface area contributed by atoms with E-state index >= 15 is 0 Å². The van der Waals surface area contributed by atoms with E-state index in [4.69, 9.17) is 5.26 Å². The van der Waals surface area contributed by atoms with E-state index in [9.17, 15) is 9.18 Å². The molecule has 0 radical (unpaired) electrons. The highest BCUT2D eigenvalue weighted by Gasteiger charge is 2.13. The van der Waals surface area contributed by atoms with Crippen molar-refractivity contribution in [2.24, 2.45) is 0 Å². The summed E-state index contributed by atoms with van der Waals surface area (Å²) in [6.07, 6.45) is 0. The first kappa shape index (κ1) is 13.1. The van der Waals surface area contributed by atoms with Crippen molar-refractivity contribution in [3.63, 3.8) is 0 Å². The lowest BCUT2D eigenvalue weighted by molar-refractivity contribution is -0.142. The molecule has 0 aliphatic carbocycles. The Labute approximate surface area is 99.0 Å². The Morgan fingerprint density at radius 2 is 2.35 bits per heavy atom. The number of carbonyl (C=O) groups is 1. The van der Waals surface area contributed by atoms with E-state index in [2.05, 4.69) is 10.1 Å². The summed E-state index contributed by atoms with van der Waals surface area (Å²) >= 11 is 0. The monoisotopic (exact) mass is 236 g/mol. The molecule has 1 unspecified atom stereocenters. The summed E-state index contributed by atoms with van der Waals surface area (Å²) in [5.41, 5.74) is 0.673. The van der Waals surface area contributed by atoms with Crippen molar-refractivity contribution in [2.45, 2.75) is 19.5 Å². The van der Waals surface area contributed by atoms with Gasteiger partial charge in [0.25, 0.3) is 0 Å². The van der Waals surface area contributed by atoms with E-state index in [0.717, 1.165) is 0 Å². The summed E-state index contributed by atoms with van der Waals surface area (Å²) in [6, 6.07) is 5.56. The van der Waals surface area contributed by atoms with E-state index in [0.29, 0.717) is 5.56 Å². The average Bonchev–Trinajstić information content (AvgIpc) is 2.35. The maximum atomic E-state index is 13.5. The van der Waals surface area contributed by atoms with Crippen molar-refractivity contribution in [1.29, 1.82) is 5.26 Å². The van der Waals surface area contributed by atoms with Gasteiger partial charge in [0.1, 0.15) is 11.9 Å². The molecular formula is C12H13FN2O2. The van der Waals surface area contributed by atoms with E-state index in [-0.39, 0.29) is 12.1 Å². The Morgan fingerprint density at radius 3 is 2.88 bits per heavy atom. The van der Waals surface area contributed by atoms with E-state index in [1.807, 2.05) is 6.07 Å². The normalized spacial score (nSPS) is 11.6. The molecule has 0 heterocycles. The fraction of sp³-hybridized carbons (Fsp3) is 0.333. The van der Waals surface area contributed by atoms with Crippen LogP contribution in [0.4, 0.5) is 4.39 Å². The molecule has 1 rings (SSSR count). The van der Waals surface area contributed by atoms with E-state index in [1.165, 1.54) is 25.3 Å². The van der Waals surface area contributed by atoms with Crippen molar-refractivity contribution < 1.29 is 13.9 Å². The van der Waals surface area contributed by atoms with Gasteiger partial charge >= 0.3 is 5.97 Å². The van der Waals surface area contributed by atoms with Gasteiger partial charge in [-0.3, -0.25) is 4.79 Å². The molecule has 0 fully saturated rings. The minimum Gasteiger partial charge on any atom is -0.468 e. The second-order valence-corrected chi connectivity index (χ2v) is 3.54. The number of nitriles is 1. The quantitative estimate of drug-likeness (QED) is 0.801. The number of hydrogen-bond donors (Lipinski definition) is 1. The minimum absolute atomic E-state index is 0.202. The lowest BCUT2D eigenvalue weighted by Gasteiger charge is -2.11. The molecule has 0 aliphatic heterocycles. The van der Waals surface area contributed by atoms with Gasteiger partial charge in [-0.05, 0) is 19.1 Å².